The maximum absolute atomic E-state index is 13.9. The fourth-order valence-electron chi connectivity index (χ4n) is 5.12. The molecule has 3 aromatic carbocycles. The molecule has 6 rings (SSSR count). The fourth-order valence-corrected chi connectivity index (χ4v) is 5.12. The van der Waals surface area contributed by atoms with Gasteiger partial charge in [-0.25, -0.2) is 4.98 Å². The molecule has 2 aromatic heterocycles. The van der Waals surface area contributed by atoms with Gasteiger partial charge in [0.2, 0.25) is 5.95 Å². The van der Waals surface area contributed by atoms with Crippen molar-refractivity contribution in [3.05, 3.63) is 101 Å². The van der Waals surface area contributed by atoms with Crippen LogP contribution in [0.25, 0.3) is 21.9 Å². The Morgan fingerprint density at radius 3 is 2.60 bits per heavy atom. The van der Waals surface area contributed by atoms with Crippen molar-refractivity contribution in [2.45, 2.75) is 32.0 Å². The number of hydrogen-bond donors (Lipinski definition) is 1. The number of benzene rings is 3. The minimum atomic E-state index is -0.0843. The highest BCUT2D eigenvalue weighted by atomic mass is 16.1. The third-order valence-corrected chi connectivity index (χ3v) is 6.86. The fraction of sp³-hybridized carbons (Fsp3) is 0.250. The first-order chi connectivity index (χ1) is 17.2. The summed E-state index contributed by atoms with van der Waals surface area (Å²) in [6.45, 7) is 2.59. The summed E-state index contributed by atoms with van der Waals surface area (Å²) < 4.78 is 3.72. The number of piperidine rings is 1. The summed E-state index contributed by atoms with van der Waals surface area (Å²) in [5, 5.41) is 2.30. The first-order valence-electron chi connectivity index (χ1n) is 12.1. The molecule has 0 aliphatic carbocycles. The first-order valence-corrected chi connectivity index (χ1v) is 12.1. The Hall–Kier alpha value is -3.97. The van der Waals surface area contributed by atoms with E-state index in [0.29, 0.717) is 24.3 Å². The van der Waals surface area contributed by atoms with Gasteiger partial charge in [0.05, 0.1) is 13.1 Å². The number of fused-ring (bicyclic) bond motifs is 2. The summed E-state index contributed by atoms with van der Waals surface area (Å²) in [6.07, 6.45) is 3.64. The molecule has 1 atom stereocenters. The highest BCUT2D eigenvalue weighted by Crippen LogP contribution is 2.24. The number of anilines is 1. The minimum Gasteiger partial charge on any atom is -0.341 e. The number of rotatable bonds is 5. The van der Waals surface area contributed by atoms with Crippen LogP contribution in [-0.4, -0.2) is 38.2 Å². The maximum atomic E-state index is 13.9. The molecule has 0 saturated carbocycles. The van der Waals surface area contributed by atoms with Crippen LogP contribution >= 0.6 is 0 Å². The SMILES string of the molecule is NC1CCCN(c2nc3ncn(Cc4cccc5ccccc45)c(=O)c3n2Cc2ccccc2)C1. The van der Waals surface area contributed by atoms with Crippen LogP contribution in [0, 0.1) is 0 Å². The number of nitrogens with zero attached hydrogens (tertiary/aromatic N) is 5. The Morgan fingerprint density at radius 1 is 0.943 bits per heavy atom. The Morgan fingerprint density at radius 2 is 1.74 bits per heavy atom. The van der Waals surface area contributed by atoms with Gasteiger partial charge in [0.1, 0.15) is 6.33 Å². The molecule has 0 bridgehead atoms. The molecule has 7 heteroatoms. The monoisotopic (exact) mass is 464 g/mol. The molecule has 7 nitrogen and oxygen atoms in total. The number of imidazole rings is 1. The summed E-state index contributed by atoms with van der Waals surface area (Å²) >= 11 is 0. The third kappa shape index (κ3) is 4.08. The molecule has 0 amide bonds. The van der Waals surface area contributed by atoms with Gasteiger partial charge >= 0.3 is 0 Å². The molecule has 5 aromatic rings. The topological polar surface area (TPSA) is 82.0 Å². The average Bonchev–Trinajstić information content (AvgIpc) is 3.25. The third-order valence-electron chi connectivity index (χ3n) is 6.86. The second kappa shape index (κ2) is 9.00. The van der Waals surface area contributed by atoms with Crippen LogP contribution in [0.2, 0.25) is 0 Å². The van der Waals surface area contributed by atoms with Crippen LogP contribution < -0.4 is 16.2 Å². The maximum Gasteiger partial charge on any atom is 0.279 e. The van der Waals surface area contributed by atoms with Crippen LogP contribution in [0.1, 0.15) is 24.0 Å². The smallest absolute Gasteiger partial charge is 0.279 e. The zero-order chi connectivity index (χ0) is 23.8. The molecular formula is C28H28N6O. The van der Waals surface area contributed by atoms with Gasteiger partial charge in [-0.3, -0.25) is 13.9 Å². The predicted molar refractivity (Wildman–Crippen MR) is 140 cm³/mol. The van der Waals surface area contributed by atoms with Crippen molar-refractivity contribution in [3.63, 3.8) is 0 Å². The van der Waals surface area contributed by atoms with Crippen LogP contribution in [0.5, 0.6) is 0 Å². The lowest BCUT2D eigenvalue weighted by Gasteiger charge is -2.31. The zero-order valence-electron chi connectivity index (χ0n) is 19.5. The van der Waals surface area contributed by atoms with Crippen LogP contribution in [0.3, 0.4) is 0 Å². The highest BCUT2D eigenvalue weighted by molar-refractivity contribution is 5.85. The number of hydrogen-bond acceptors (Lipinski definition) is 5. The van der Waals surface area contributed by atoms with E-state index in [1.165, 1.54) is 0 Å². The summed E-state index contributed by atoms with van der Waals surface area (Å²) in [5.41, 5.74) is 9.41. The number of aromatic nitrogens is 4. The Balaban J connectivity index is 1.48. The molecule has 35 heavy (non-hydrogen) atoms. The standard InChI is InChI=1S/C28H28N6O/c29-23-13-7-15-32(18-23)28-31-26-25(34(28)16-20-8-2-1-3-9-20)27(35)33(19-30-26)17-22-12-6-11-21-10-4-5-14-24(21)22/h1-6,8-12,14,19,23H,7,13,15-18,29H2. The van der Waals surface area contributed by atoms with E-state index in [2.05, 4.69) is 46.3 Å². The minimum absolute atomic E-state index is 0.0843. The van der Waals surface area contributed by atoms with Crippen molar-refractivity contribution in [3.8, 4) is 0 Å². The van der Waals surface area contributed by atoms with E-state index in [0.717, 1.165) is 53.8 Å². The molecule has 0 spiro atoms. The highest BCUT2D eigenvalue weighted by Gasteiger charge is 2.25. The average molecular weight is 465 g/mol. The van der Waals surface area contributed by atoms with Gasteiger partial charge in [-0.1, -0.05) is 72.8 Å². The second-order valence-electron chi connectivity index (χ2n) is 9.32. The van der Waals surface area contributed by atoms with Gasteiger partial charge in [0.25, 0.3) is 5.56 Å². The summed E-state index contributed by atoms with van der Waals surface area (Å²) in [6, 6.07) is 24.7. The second-order valence-corrected chi connectivity index (χ2v) is 9.32. The molecule has 0 radical (unpaired) electrons. The van der Waals surface area contributed by atoms with Gasteiger partial charge in [-0.2, -0.15) is 4.98 Å². The lowest BCUT2D eigenvalue weighted by Crippen LogP contribution is -2.44. The molecule has 1 unspecified atom stereocenters. The van der Waals surface area contributed by atoms with Gasteiger partial charge in [-0.05, 0) is 34.7 Å². The molecule has 1 fully saturated rings. The van der Waals surface area contributed by atoms with E-state index < -0.39 is 0 Å². The van der Waals surface area contributed by atoms with E-state index in [9.17, 15) is 4.79 Å². The van der Waals surface area contributed by atoms with Gasteiger partial charge in [-0.15, -0.1) is 0 Å². The van der Waals surface area contributed by atoms with Crippen molar-refractivity contribution in [1.82, 2.24) is 19.1 Å². The predicted octanol–water partition coefficient (Wildman–Crippen LogP) is 3.77. The van der Waals surface area contributed by atoms with Gasteiger partial charge in [0, 0.05) is 19.1 Å². The van der Waals surface area contributed by atoms with Crippen LogP contribution in [-0.2, 0) is 13.1 Å². The molecule has 176 valence electrons. The first kappa shape index (κ1) is 21.6. The van der Waals surface area contributed by atoms with E-state index >= 15 is 0 Å². The quantitative estimate of drug-likeness (QED) is 0.428. The van der Waals surface area contributed by atoms with Crippen LogP contribution in [0.4, 0.5) is 5.95 Å². The van der Waals surface area contributed by atoms with Crippen LogP contribution in [0.15, 0.2) is 83.9 Å². The molecule has 1 saturated heterocycles. The van der Waals surface area contributed by atoms with Gasteiger partial charge < -0.3 is 10.6 Å². The molecule has 1 aliphatic rings. The number of nitrogens with two attached hydrogens (primary N) is 1. The molecule has 3 heterocycles. The summed E-state index contributed by atoms with van der Waals surface area (Å²) in [4.78, 5) is 25.5. The lowest BCUT2D eigenvalue weighted by atomic mass is 10.0. The molecule has 2 N–H and O–H groups in total. The Labute approximate surface area is 203 Å². The van der Waals surface area contributed by atoms with Crippen molar-refractivity contribution >= 4 is 27.9 Å². The van der Waals surface area contributed by atoms with Crippen molar-refractivity contribution < 1.29 is 0 Å². The Bertz CT molecular complexity index is 1550. The zero-order valence-corrected chi connectivity index (χ0v) is 19.5. The van der Waals surface area contributed by atoms with Crippen molar-refractivity contribution in [2.75, 3.05) is 18.0 Å². The van der Waals surface area contributed by atoms with Crippen molar-refractivity contribution in [2.24, 2.45) is 5.73 Å². The largest absolute Gasteiger partial charge is 0.341 e. The lowest BCUT2D eigenvalue weighted by molar-refractivity contribution is 0.495. The molecule has 1 aliphatic heterocycles. The van der Waals surface area contributed by atoms with E-state index in [1.807, 2.05) is 41.0 Å². The Kier molecular flexibility index (Phi) is 5.54. The van der Waals surface area contributed by atoms with Gasteiger partial charge in [0.15, 0.2) is 11.2 Å². The van der Waals surface area contributed by atoms with E-state index in [1.54, 1.807) is 10.9 Å². The van der Waals surface area contributed by atoms with Crippen molar-refractivity contribution in [1.29, 1.82) is 0 Å². The molecular weight excluding hydrogens is 436 g/mol. The van der Waals surface area contributed by atoms with E-state index in [-0.39, 0.29) is 11.6 Å². The van der Waals surface area contributed by atoms with E-state index in [4.69, 9.17) is 10.7 Å². The normalized spacial score (nSPS) is 16.3. The summed E-state index contributed by atoms with van der Waals surface area (Å²) in [7, 11) is 0. The summed E-state index contributed by atoms with van der Waals surface area (Å²) in [5.74, 6) is 0.770.